The van der Waals surface area contributed by atoms with Crippen molar-refractivity contribution in [2.45, 2.75) is 39.5 Å². The van der Waals surface area contributed by atoms with Crippen LogP contribution in [-0.4, -0.2) is 15.0 Å². The van der Waals surface area contributed by atoms with E-state index in [2.05, 4.69) is 15.0 Å². The third-order valence-electron chi connectivity index (χ3n) is 2.83. The second kappa shape index (κ2) is 4.69. The normalized spacial score (nSPS) is 11.7. The maximum atomic E-state index is 12.0. The third kappa shape index (κ3) is 2.25. The Balaban J connectivity index is 2.80. The zero-order valence-corrected chi connectivity index (χ0v) is 11.7. The lowest BCUT2D eigenvalue weighted by atomic mass is 10.1. The predicted octanol–water partition coefficient (Wildman–Crippen LogP) is 3.22. The highest BCUT2D eigenvalue weighted by atomic mass is 35.5. The highest BCUT2D eigenvalue weighted by Gasteiger charge is 2.13. The first-order valence-electron chi connectivity index (χ1n) is 6.00. The van der Waals surface area contributed by atoms with Gasteiger partial charge in [-0.15, -0.1) is 0 Å². The zero-order chi connectivity index (χ0) is 13.4. The summed E-state index contributed by atoms with van der Waals surface area (Å²) >= 11 is 6.13. The Morgan fingerprint density at radius 3 is 2.39 bits per heavy atom. The number of halogens is 1. The van der Waals surface area contributed by atoms with Gasteiger partial charge in [0.05, 0.1) is 5.39 Å². The summed E-state index contributed by atoms with van der Waals surface area (Å²) in [6, 6.07) is 1.77. The van der Waals surface area contributed by atoms with E-state index in [9.17, 15) is 4.79 Å². The van der Waals surface area contributed by atoms with Crippen LogP contribution in [0.2, 0.25) is 5.15 Å². The van der Waals surface area contributed by atoms with Crippen molar-refractivity contribution >= 4 is 22.5 Å². The molecule has 0 spiro atoms. The van der Waals surface area contributed by atoms with Crippen LogP contribution in [0.15, 0.2) is 10.9 Å². The van der Waals surface area contributed by atoms with Crippen molar-refractivity contribution in [3.05, 3.63) is 33.1 Å². The number of fused-ring (bicyclic) bond motifs is 1. The second-order valence-corrected chi connectivity index (χ2v) is 5.35. The number of pyridine rings is 1. The van der Waals surface area contributed by atoms with Crippen LogP contribution in [0.25, 0.3) is 10.9 Å². The third-order valence-corrected chi connectivity index (χ3v) is 3.09. The number of nitrogens with one attached hydrogen (secondary N) is 1. The van der Waals surface area contributed by atoms with Gasteiger partial charge >= 0.3 is 0 Å². The van der Waals surface area contributed by atoms with Crippen molar-refractivity contribution in [2.75, 3.05) is 0 Å². The van der Waals surface area contributed by atoms with E-state index >= 15 is 0 Å². The van der Waals surface area contributed by atoms with Crippen molar-refractivity contribution in [3.8, 4) is 0 Å². The molecule has 2 heterocycles. The summed E-state index contributed by atoms with van der Waals surface area (Å²) in [5.41, 5.74) is 1.13. The Morgan fingerprint density at radius 2 is 1.83 bits per heavy atom. The quantitative estimate of drug-likeness (QED) is 0.848. The van der Waals surface area contributed by atoms with Crippen molar-refractivity contribution in [2.24, 2.45) is 0 Å². The Morgan fingerprint density at radius 1 is 1.17 bits per heavy atom. The van der Waals surface area contributed by atoms with Crippen LogP contribution in [0.5, 0.6) is 0 Å². The van der Waals surface area contributed by atoms with E-state index < -0.39 is 0 Å². The number of aromatic nitrogens is 3. The van der Waals surface area contributed by atoms with Crippen LogP contribution >= 0.6 is 11.6 Å². The zero-order valence-electron chi connectivity index (χ0n) is 10.9. The molecule has 0 radical (unpaired) electrons. The highest BCUT2D eigenvalue weighted by molar-refractivity contribution is 6.33. The summed E-state index contributed by atoms with van der Waals surface area (Å²) in [5, 5.41) is 0.798. The minimum absolute atomic E-state index is 0.142. The first-order chi connectivity index (χ1) is 8.40. The molecular formula is C13H16ClN3O. The van der Waals surface area contributed by atoms with Crippen LogP contribution in [0.1, 0.15) is 51.0 Å². The molecule has 0 aromatic carbocycles. The van der Waals surface area contributed by atoms with Gasteiger partial charge < -0.3 is 4.98 Å². The fourth-order valence-corrected chi connectivity index (χ4v) is 1.95. The van der Waals surface area contributed by atoms with Crippen LogP contribution in [0.3, 0.4) is 0 Å². The van der Waals surface area contributed by atoms with E-state index in [1.807, 2.05) is 27.7 Å². The van der Waals surface area contributed by atoms with Crippen molar-refractivity contribution in [1.29, 1.82) is 0 Å². The Kier molecular flexibility index (Phi) is 3.39. The van der Waals surface area contributed by atoms with E-state index in [1.54, 1.807) is 6.07 Å². The number of nitrogens with zero attached hydrogens (tertiary/aromatic N) is 2. The first-order valence-corrected chi connectivity index (χ1v) is 6.38. The molecule has 0 aliphatic carbocycles. The number of rotatable bonds is 2. The van der Waals surface area contributed by atoms with Gasteiger partial charge in [0, 0.05) is 11.6 Å². The number of H-pyrrole nitrogens is 1. The topological polar surface area (TPSA) is 58.6 Å². The lowest BCUT2D eigenvalue weighted by Crippen LogP contribution is -2.14. The molecule has 0 aliphatic rings. The van der Waals surface area contributed by atoms with E-state index in [4.69, 9.17) is 11.6 Å². The molecule has 0 fully saturated rings. The van der Waals surface area contributed by atoms with E-state index in [0.717, 1.165) is 5.69 Å². The molecule has 0 aliphatic heterocycles. The lowest BCUT2D eigenvalue weighted by Gasteiger charge is -2.09. The molecule has 96 valence electrons. The fraction of sp³-hybridized carbons (Fsp3) is 0.462. The minimum atomic E-state index is -0.157. The molecule has 2 rings (SSSR count). The van der Waals surface area contributed by atoms with Gasteiger partial charge in [0.1, 0.15) is 11.3 Å². The van der Waals surface area contributed by atoms with Gasteiger partial charge in [0.25, 0.3) is 5.56 Å². The number of aromatic amines is 1. The van der Waals surface area contributed by atoms with E-state index in [1.165, 1.54) is 0 Å². The molecular weight excluding hydrogens is 250 g/mol. The fourth-order valence-electron chi connectivity index (χ4n) is 1.71. The van der Waals surface area contributed by atoms with E-state index in [-0.39, 0.29) is 17.4 Å². The summed E-state index contributed by atoms with van der Waals surface area (Å²) in [6.07, 6.45) is 0. The Bertz CT molecular complexity index is 646. The largest absolute Gasteiger partial charge is 0.310 e. The predicted molar refractivity (Wildman–Crippen MR) is 73.3 cm³/mol. The molecule has 0 amide bonds. The Hall–Kier alpha value is -1.42. The molecule has 2 aromatic rings. The molecule has 0 saturated carbocycles. The minimum Gasteiger partial charge on any atom is -0.310 e. The van der Waals surface area contributed by atoms with Gasteiger partial charge in [-0.2, -0.15) is 0 Å². The standard InChI is InChI=1S/C13H16ClN3O/c1-6(2)9-5-8-10(11(14)15-9)16-12(7(3)4)17-13(8)18/h5-7H,1-4H3,(H,16,17,18). The summed E-state index contributed by atoms with van der Waals surface area (Å²) in [7, 11) is 0. The molecule has 2 aromatic heterocycles. The van der Waals surface area contributed by atoms with Crippen LogP contribution in [0.4, 0.5) is 0 Å². The maximum Gasteiger partial charge on any atom is 0.258 e. The molecule has 0 saturated heterocycles. The summed E-state index contributed by atoms with van der Waals surface area (Å²) < 4.78 is 0. The van der Waals surface area contributed by atoms with Crippen LogP contribution in [0, 0.1) is 0 Å². The molecule has 0 atom stereocenters. The molecule has 18 heavy (non-hydrogen) atoms. The molecule has 0 bridgehead atoms. The van der Waals surface area contributed by atoms with Gasteiger partial charge in [-0.1, -0.05) is 39.3 Å². The summed E-state index contributed by atoms with van der Waals surface area (Å²) in [6.45, 7) is 7.95. The average molecular weight is 266 g/mol. The monoisotopic (exact) mass is 265 g/mol. The Labute approximate surface area is 110 Å². The lowest BCUT2D eigenvalue weighted by molar-refractivity contribution is 0.774. The average Bonchev–Trinajstić information content (AvgIpc) is 2.29. The first kappa shape index (κ1) is 13.0. The summed E-state index contributed by atoms with van der Waals surface area (Å²) in [4.78, 5) is 23.5. The maximum absolute atomic E-state index is 12.0. The molecule has 4 nitrogen and oxygen atoms in total. The van der Waals surface area contributed by atoms with Gasteiger partial charge in [0.2, 0.25) is 0 Å². The smallest absolute Gasteiger partial charge is 0.258 e. The van der Waals surface area contributed by atoms with E-state index in [0.29, 0.717) is 21.9 Å². The van der Waals surface area contributed by atoms with Gasteiger partial charge in [-0.25, -0.2) is 9.97 Å². The molecule has 0 unspecified atom stereocenters. The van der Waals surface area contributed by atoms with Crippen molar-refractivity contribution < 1.29 is 0 Å². The van der Waals surface area contributed by atoms with Crippen molar-refractivity contribution in [3.63, 3.8) is 0 Å². The molecule has 1 N–H and O–H groups in total. The molecule has 5 heteroatoms. The number of hydrogen-bond acceptors (Lipinski definition) is 3. The summed E-state index contributed by atoms with van der Waals surface area (Å²) in [5.74, 6) is 0.993. The van der Waals surface area contributed by atoms with Crippen molar-refractivity contribution in [1.82, 2.24) is 15.0 Å². The second-order valence-electron chi connectivity index (χ2n) is 4.99. The van der Waals surface area contributed by atoms with Gasteiger partial charge in [-0.05, 0) is 12.0 Å². The van der Waals surface area contributed by atoms with Gasteiger partial charge in [-0.3, -0.25) is 4.79 Å². The van der Waals surface area contributed by atoms with Gasteiger partial charge in [0.15, 0.2) is 5.15 Å². The highest BCUT2D eigenvalue weighted by Crippen LogP contribution is 2.23. The SMILES string of the molecule is CC(C)c1cc2c(=O)[nH]c(C(C)C)nc2c(Cl)n1. The van der Waals surface area contributed by atoms with Crippen LogP contribution in [-0.2, 0) is 0 Å². The number of hydrogen-bond donors (Lipinski definition) is 1. The van der Waals surface area contributed by atoms with Crippen LogP contribution < -0.4 is 5.56 Å².